The second-order valence-electron chi connectivity index (χ2n) is 7.76. The average molecular weight is 436 g/mol. The number of hydrogen-bond donors (Lipinski definition) is 1. The maximum atomic E-state index is 12.7. The molecule has 1 aromatic carbocycles. The molecule has 1 aliphatic carbocycles. The molecule has 1 atom stereocenters. The number of thiophene rings is 1. The van der Waals surface area contributed by atoms with E-state index >= 15 is 0 Å². The van der Waals surface area contributed by atoms with Crippen molar-refractivity contribution in [3.05, 3.63) is 44.8 Å². The summed E-state index contributed by atoms with van der Waals surface area (Å²) in [6, 6.07) is 5.24. The van der Waals surface area contributed by atoms with Gasteiger partial charge in [0.1, 0.15) is 10.8 Å². The molecule has 7 heteroatoms. The van der Waals surface area contributed by atoms with E-state index in [0.29, 0.717) is 27.3 Å². The van der Waals surface area contributed by atoms with Crippen LogP contribution < -0.4 is 10.1 Å². The van der Waals surface area contributed by atoms with Gasteiger partial charge in [0, 0.05) is 9.90 Å². The lowest BCUT2D eigenvalue weighted by atomic mass is 9.88. The molecule has 0 saturated carbocycles. The number of amides is 1. The number of nitrogens with one attached hydrogen (secondary N) is 1. The summed E-state index contributed by atoms with van der Waals surface area (Å²) in [5.41, 5.74) is 2.37. The molecule has 2 aromatic rings. The fourth-order valence-electron chi connectivity index (χ4n) is 3.41. The number of anilines is 1. The van der Waals surface area contributed by atoms with Gasteiger partial charge in [-0.25, -0.2) is 4.79 Å². The molecule has 0 unspecified atom stereocenters. The molecule has 1 aliphatic rings. The van der Waals surface area contributed by atoms with Crippen molar-refractivity contribution >= 4 is 39.8 Å². The van der Waals surface area contributed by atoms with Crippen LogP contribution >= 0.6 is 22.9 Å². The zero-order valence-electron chi connectivity index (χ0n) is 17.1. The van der Waals surface area contributed by atoms with Crippen LogP contribution in [-0.2, 0) is 22.4 Å². The highest BCUT2D eigenvalue weighted by Gasteiger charge is 2.29. The van der Waals surface area contributed by atoms with Crippen molar-refractivity contribution in [2.45, 2.75) is 53.1 Å². The molecule has 1 heterocycles. The van der Waals surface area contributed by atoms with Crippen LogP contribution in [0.15, 0.2) is 18.2 Å². The monoisotopic (exact) mass is 435 g/mol. The summed E-state index contributed by atoms with van der Waals surface area (Å²) in [6.45, 7) is 7.56. The van der Waals surface area contributed by atoms with E-state index in [1.165, 1.54) is 11.3 Å². The topological polar surface area (TPSA) is 64.6 Å². The van der Waals surface area contributed by atoms with Crippen molar-refractivity contribution < 1.29 is 19.1 Å². The molecule has 0 radical (unpaired) electrons. The standard InChI is InChI=1S/C22H26ClNO4S/c1-12(2)28-22(26)20-16-7-5-13(3)9-18(16)29-21(20)24-19(25)11-27-17-8-6-15(23)10-14(17)4/h6,8,10,12-13H,5,7,9,11H2,1-4H3,(H,24,25)/t13-/m1/s1. The zero-order chi connectivity index (χ0) is 21.1. The first-order valence-electron chi connectivity index (χ1n) is 9.79. The normalized spacial score (nSPS) is 15.7. The number of carbonyl (C=O) groups is 2. The predicted molar refractivity (Wildman–Crippen MR) is 116 cm³/mol. The molecular weight excluding hydrogens is 410 g/mol. The Hall–Kier alpha value is -2.05. The minimum Gasteiger partial charge on any atom is -0.483 e. The average Bonchev–Trinajstić information content (AvgIpc) is 2.97. The first kappa shape index (κ1) is 21.7. The first-order chi connectivity index (χ1) is 13.7. The third kappa shape index (κ3) is 5.31. The number of hydrogen-bond acceptors (Lipinski definition) is 5. The van der Waals surface area contributed by atoms with Gasteiger partial charge in [-0.15, -0.1) is 11.3 Å². The molecular formula is C22H26ClNO4S. The van der Waals surface area contributed by atoms with Crippen molar-refractivity contribution in [2.24, 2.45) is 5.92 Å². The third-order valence-electron chi connectivity index (χ3n) is 4.81. The van der Waals surface area contributed by atoms with Crippen LogP contribution in [0.2, 0.25) is 5.02 Å². The number of esters is 1. The lowest BCUT2D eigenvalue weighted by molar-refractivity contribution is -0.118. The van der Waals surface area contributed by atoms with Crippen molar-refractivity contribution in [3.63, 3.8) is 0 Å². The Morgan fingerprint density at radius 3 is 2.79 bits per heavy atom. The maximum Gasteiger partial charge on any atom is 0.341 e. The highest BCUT2D eigenvalue weighted by Crippen LogP contribution is 2.40. The van der Waals surface area contributed by atoms with Gasteiger partial charge in [-0.3, -0.25) is 4.79 Å². The van der Waals surface area contributed by atoms with Gasteiger partial charge >= 0.3 is 5.97 Å². The van der Waals surface area contributed by atoms with Crippen LogP contribution in [-0.4, -0.2) is 24.6 Å². The molecule has 3 rings (SSSR count). The fraction of sp³-hybridized carbons (Fsp3) is 0.455. The van der Waals surface area contributed by atoms with E-state index in [9.17, 15) is 9.59 Å². The van der Waals surface area contributed by atoms with Gasteiger partial charge in [0.2, 0.25) is 0 Å². The Morgan fingerprint density at radius 1 is 1.34 bits per heavy atom. The molecule has 0 spiro atoms. The van der Waals surface area contributed by atoms with Gasteiger partial charge in [0.15, 0.2) is 6.61 Å². The van der Waals surface area contributed by atoms with Crippen LogP contribution in [0.4, 0.5) is 5.00 Å². The van der Waals surface area contributed by atoms with Crippen LogP contribution in [0, 0.1) is 12.8 Å². The van der Waals surface area contributed by atoms with E-state index in [0.717, 1.165) is 35.3 Å². The molecule has 1 aromatic heterocycles. The molecule has 156 valence electrons. The van der Waals surface area contributed by atoms with Crippen molar-refractivity contribution in [3.8, 4) is 5.75 Å². The Balaban J connectivity index is 1.76. The van der Waals surface area contributed by atoms with E-state index in [-0.39, 0.29) is 24.6 Å². The molecule has 1 amide bonds. The summed E-state index contributed by atoms with van der Waals surface area (Å²) in [5, 5.41) is 4.03. The first-order valence-corrected chi connectivity index (χ1v) is 11.0. The summed E-state index contributed by atoms with van der Waals surface area (Å²) in [4.78, 5) is 26.4. The van der Waals surface area contributed by atoms with Gasteiger partial charge in [0.05, 0.1) is 11.7 Å². The highest BCUT2D eigenvalue weighted by atomic mass is 35.5. The lowest BCUT2D eigenvalue weighted by Gasteiger charge is -2.18. The van der Waals surface area contributed by atoms with Gasteiger partial charge in [0.25, 0.3) is 5.91 Å². The summed E-state index contributed by atoms with van der Waals surface area (Å²) < 4.78 is 11.1. The van der Waals surface area contributed by atoms with Gasteiger partial charge in [-0.05, 0) is 75.3 Å². The van der Waals surface area contributed by atoms with E-state index in [1.54, 1.807) is 18.2 Å². The van der Waals surface area contributed by atoms with E-state index < -0.39 is 0 Å². The van der Waals surface area contributed by atoms with Crippen molar-refractivity contribution in [2.75, 3.05) is 11.9 Å². The highest BCUT2D eigenvalue weighted by molar-refractivity contribution is 7.17. The molecule has 1 N–H and O–H groups in total. The summed E-state index contributed by atoms with van der Waals surface area (Å²) in [6.07, 6.45) is 2.54. The zero-order valence-corrected chi connectivity index (χ0v) is 18.7. The predicted octanol–water partition coefficient (Wildman–Crippen LogP) is 5.42. The number of fused-ring (bicyclic) bond motifs is 1. The smallest absolute Gasteiger partial charge is 0.341 e. The molecule has 29 heavy (non-hydrogen) atoms. The Kier molecular flexibility index (Phi) is 6.85. The number of carbonyl (C=O) groups excluding carboxylic acids is 2. The largest absolute Gasteiger partial charge is 0.483 e. The minimum absolute atomic E-state index is 0.153. The van der Waals surface area contributed by atoms with Crippen molar-refractivity contribution in [1.82, 2.24) is 0 Å². The van der Waals surface area contributed by atoms with E-state index in [2.05, 4.69) is 12.2 Å². The van der Waals surface area contributed by atoms with Crippen LogP contribution in [0.5, 0.6) is 5.75 Å². The van der Waals surface area contributed by atoms with Crippen LogP contribution in [0.25, 0.3) is 0 Å². The van der Waals surface area contributed by atoms with E-state index in [4.69, 9.17) is 21.1 Å². The number of halogens is 1. The second kappa shape index (κ2) is 9.18. The minimum atomic E-state index is -0.378. The Morgan fingerprint density at radius 2 is 2.10 bits per heavy atom. The molecule has 5 nitrogen and oxygen atoms in total. The van der Waals surface area contributed by atoms with E-state index in [1.807, 2.05) is 20.8 Å². The SMILES string of the molecule is Cc1cc(Cl)ccc1OCC(=O)Nc1sc2c(c1C(=O)OC(C)C)CC[C@@H](C)C2. The van der Waals surface area contributed by atoms with Gasteiger partial charge in [-0.2, -0.15) is 0 Å². The number of ether oxygens (including phenoxy) is 2. The molecule has 0 bridgehead atoms. The number of aryl methyl sites for hydroxylation is 1. The summed E-state index contributed by atoms with van der Waals surface area (Å²) >= 11 is 7.42. The summed E-state index contributed by atoms with van der Waals surface area (Å²) in [7, 11) is 0. The van der Waals surface area contributed by atoms with Crippen LogP contribution in [0.3, 0.4) is 0 Å². The lowest BCUT2D eigenvalue weighted by Crippen LogP contribution is -2.22. The molecule has 0 aliphatic heterocycles. The third-order valence-corrected chi connectivity index (χ3v) is 6.21. The van der Waals surface area contributed by atoms with Gasteiger partial charge in [-0.1, -0.05) is 18.5 Å². The number of rotatable bonds is 6. The quantitative estimate of drug-likeness (QED) is 0.615. The Bertz CT molecular complexity index is 922. The van der Waals surface area contributed by atoms with Crippen molar-refractivity contribution in [1.29, 1.82) is 0 Å². The number of benzene rings is 1. The Labute approximate surface area is 180 Å². The summed E-state index contributed by atoms with van der Waals surface area (Å²) in [5.74, 6) is 0.472. The van der Waals surface area contributed by atoms with Crippen LogP contribution in [0.1, 0.15) is 53.6 Å². The maximum absolute atomic E-state index is 12.7. The second-order valence-corrected chi connectivity index (χ2v) is 9.30. The van der Waals surface area contributed by atoms with Gasteiger partial charge < -0.3 is 14.8 Å². The molecule has 0 saturated heterocycles. The fourth-order valence-corrected chi connectivity index (χ4v) is 5.05. The molecule has 0 fully saturated rings.